The van der Waals surface area contributed by atoms with Crippen LogP contribution in [-0.2, 0) is 23.1 Å². The molecule has 0 spiro atoms. The number of aromatic nitrogens is 4. The number of nitrogens with one attached hydrogen (secondary N) is 2. The highest BCUT2D eigenvalue weighted by Gasteiger charge is 2.51. The summed E-state index contributed by atoms with van der Waals surface area (Å²) in [6, 6.07) is 15.5. The first kappa shape index (κ1) is 28.8. The summed E-state index contributed by atoms with van der Waals surface area (Å²) in [6.45, 7) is 2.13. The van der Waals surface area contributed by atoms with Gasteiger partial charge in [-0.05, 0) is 90.0 Å². The summed E-state index contributed by atoms with van der Waals surface area (Å²) in [4.78, 5) is 13.1. The number of hydrogen-bond donors (Lipinski definition) is 3. The molecule has 10 nitrogen and oxygen atoms in total. The Morgan fingerprint density at radius 2 is 1.65 bits per heavy atom. The van der Waals surface area contributed by atoms with Gasteiger partial charge < -0.3 is 25.2 Å². The molecule has 2 aromatic carbocycles. The molecule has 0 radical (unpaired) electrons. The number of aliphatic hydroxyl groups excluding tert-OH is 1. The second-order valence-electron chi connectivity index (χ2n) is 13.1. The molecule has 8 rings (SSSR count). The van der Waals surface area contributed by atoms with Gasteiger partial charge in [0.15, 0.2) is 6.29 Å². The van der Waals surface area contributed by atoms with Crippen molar-refractivity contribution in [3.63, 3.8) is 0 Å². The van der Waals surface area contributed by atoms with Gasteiger partial charge in [0.05, 0.1) is 18.8 Å². The van der Waals surface area contributed by atoms with Gasteiger partial charge in [-0.2, -0.15) is 0 Å². The summed E-state index contributed by atoms with van der Waals surface area (Å²) in [5.74, 6) is 3.04. The molecule has 11 heteroatoms. The highest BCUT2D eigenvalue weighted by atomic mass is 32.2. The van der Waals surface area contributed by atoms with E-state index in [0.717, 1.165) is 64.6 Å². The lowest BCUT2D eigenvalue weighted by molar-refractivity contribution is -0.268. The monoisotopic (exact) mass is 604 g/mol. The zero-order valence-corrected chi connectivity index (χ0v) is 25.5. The molecule has 2 amide bonds. The Labute approximate surface area is 256 Å². The molecular formula is C32H40N6O4S. The first-order valence-corrected chi connectivity index (χ1v) is 16.4. The fourth-order valence-electron chi connectivity index (χ4n) is 8.20. The van der Waals surface area contributed by atoms with Crippen molar-refractivity contribution in [1.82, 2.24) is 25.5 Å². The number of benzene rings is 2. The van der Waals surface area contributed by atoms with Crippen LogP contribution in [-0.4, -0.2) is 48.7 Å². The molecule has 4 aliphatic carbocycles. The largest absolute Gasteiger partial charge is 0.392 e. The van der Waals surface area contributed by atoms with Crippen molar-refractivity contribution in [3.8, 4) is 0 Å². The maximum Gasteiger partial charge on any atom is 0.319 e. The van der Waals surface area contributed by atoms with Crippen molar-refractivity contribution in [2.24, 2.45) is 30.7 Å². The van der Waals surface area contributed by atoms with Crippen molar-refractivity contribution < 1.29 is 19.4 Å². The van der Waals surface area contributed by atoms with Crippen LogP contribution in [0.3, 0.4) is 0 Å². The molecule has 5 aliphatic rings. The van der Waals surface area contributed by atoms with E-state index in [1.54, 1.807) is 16.4 Å². The van der Waals surface area contributed by atoms with Crippen LogP contribution >= 0.6 is 11.8 Å². The third-order valence-electron chi connectivity index (χ3n) is 9.94. The van der Waals surface area contributed by atoms with Gasteiger partial charge in [-0.1, -0.05) is 55.1 Å². The minimum atomic E-state index is -0.586. The van der Waals surface area contributed by atoms with Crippen LogP contribution < -0.4 is 10.6 Å². The molecule has 1 aliphatic heterocycles. The van der Waals surface area contributed by atoms with Gasteiger partial charge in [0.25, 0.3) is 0 Å². The summed E-state index contributed by atoms with van der Waals surface area (Å²) >= 11 is 1.56. The molecule has 1 saturated heterocycles. The van der Waals surface area contributed by atoms with Crippen molar-refractivity contribution >= 4 is 23.5 Å². The number of rotatable bonds is 8. The van der Waals surface area contributed by atoms with Crippen LogP contribution in [0, 0.1) is 23.7 Å². The van der Waals surface area contributed by atoms with Crippen LogP contribution in [0.5, 0.6) is 0 Å². The Balaban J connectivity index is 1.04. The SMILES string of the molecule is C[C@H]1[C@@H](CSc2nnnn2C)O[C@@H](c2ccc(NC(=O)NC34CC5CC(CC(C5)C3)C4)cc2)O[C@H]1c1ccc(CO)cc1. The van der Waals surface area contributed by atoms with Gasteiger partial charge >= 0.3 is 6.03 Å². The van der Waals surface area contributed by atoms with Gasteiger partial charge in [-0.15, -0.1) is 5.10 Å². The van der Waals surface area contributed by atoms with E-state index in [-0.39, 0.29) is 36.3 Å². The van der Waals surface area contributed by atoms with Crippen molar-refractivity contribution in [2.75, 3.05) is 11.1 Å². The molecule has 0 unspecified atom stereocenters. The number of carbonyl (C=O) groups is 1. The number of thioether (sulfide) groups is 1. The summed E-state index contributed by atoms with van der Waals surface area (Å²) in [7, 11) is 1.82. The highest BCUT2D eigenvalue weighted by Crippen LogP contribution is 2.55. The van der Waals surface area contributed by atoms with Crippen LogP contribution in [0.1, 0.15) is 74.5 Å². The second-order valence-corrected chi connectivity index (χ2v) is 14.1. The van der Waals surface area contributed by atoms with E-state index in [1.165, 1.54) is 19.3 Å². The van der Waals surface area contributed by atoms with E-state index >= 15 is 0 Å². The number of nitrogens with zero attached hydrogens (tertiary/aromatic N) is 4. The number of aliphatic hydroxyl groups is 1. The first-order valence-electron chi connectivity index (χ1n) is 15.4. The standard InChI is InChI=1S/C32H40N6O4S/c1-19-27(18-43-31-35-36-37-38(31)2)41-29(42-28(19)24-5-3-20(17-39)4-6-24)25-7-9-26(10-8-25)33-30(40)34-32-14-21-11-22(15-32)13-23(12-21)16-32/h3-10,19,21-23,27-29,39H,11-18H2,1-2H3,(H2,33,34,40)/t19-,21?,22?,23?,27+,28+,29+,32?/m0/s1. The fraction of sp³-hybridized carbons (Fsp3) is 0.562. The minimum absolute atomic E-state index is 0.000951. The molecule has 4 bridgehead atoms. The lowest BCUT2D eigenvalue weighted by atomic mass is 9.53. The molecule has 5 fully saturated rings. The van der Waals surface area contributed by atoms with Crippen LogP contribution in [0.4, 0.5) is 10.5 Å². The molecule has 4 atom stereocenters. The van der Waals surface area contributed by atoms with Gasteiger partial charge in [0.1, 0.15) is 0 Å². The third-order valence-corrected chi connectivity index (χ3v) is 11.0. The van der Waals surface area contributed by atoms with Crippen molar-refractivity contribution in [2.45, 2.75) is 81.2 Å². The maximum atomic E-state index is 13.1. The van der Waals surface area contributed by atoms with Gasteiger partial charge in [0, 0.05) is 35.5 Å². The lowest BCUT2D eigenvalue weighted by Gasteiger charge is -2.56. The molecule has 4 saturated carbocycles. The Morgan fingerprint density at radius 3 is 2.26 bits per heavy atom. The van der Waals surface area contributed by atoms with E-state index in [4.69, 9.17) is 9.47 Å². The van der Waals surface area contributed by atoms with E-state index in [1.807, 2.05) is 55.6 Å². The summed E-state index contributed by atoms with van der Waals surface area (Å²) < 4.78 is 14.8. The van der Waals surface area contributed by atoms with Gasteiger partial charge in [0.2, 0.25) is 5.16 Å². The second kappa shape index (κ2) is 11.8. The average molecular weight is 605 g/mol. The van der Waals surface area contributed by atoms with Gasteiger partial charge in [-0.25, -0.2) is 9.48 Å². The van der Waals surface area contributed by atoms with Crippen molar-refractivity contribution in [1.29, 1.82) is 0 Å². The van der Waals surface area contributed by atoms with Crippen LogP contribution in [0.2, 0.25) is 0 Å². The smallest absolute Gasteiger partial charge is 0.319 e. The predicted octanol–water partition coefficient (Wildman–Crippen LogP) is 5.38. The fourth-order valence-corrected chi connectivity index (χ4v) is 9.21. The molecule has 3 aromatic rings. The number of amides is 2. The molecule has 2 heterocycles. The number of anilines is 1. The molecule has 3 N–H and O–H groups in total. The first-order chi connectivity index (χ1) is 20.9. The minimum Gasteiger partial charge on any atom is -0.392 e. The Bertz CT molecular complexity index is 1400. The number of hydrogen-bond acceptors (Lipinski definition) is 8. The van der Waals surface area contributed by atoms with Crippen LogP contribution in [0.25, 0.3) is 0 Å². The number of tetrazole rings is 1. The Morgan fingerprint density at radius 1 is 1.00 bits per heavy atom. The number of carbonyl (C=O) groups excluding carboxylic acids is 1. The summed E-state index contributed by atoms with van der Waals surface area (Å²) in [5, 5.41) is 28.5. The van der Waals surface area contributed by atoms with E-state index in [9.17, 15) is 9.90 Å². The number of aryl methyl sites for hydroxylation is 1. The average Bonchev–Trinajstić information content (AvgIpc) is 3.40. The molecule has 228 valence electrons. The quantitative estimate of drug-likeness (QED) is 0.293. The molecular weight excluding hydrogens is 564 g/mol. The van der Waals surface area contributed by atoms with Crippen molar-refractivity contribution in [3.05, 3.63) is 65.2 Å². The maximum absolute atomic E-state index is 13.1. The van der Waals surface area contributed by atoms with Gasteiger partial charge in [-0.3, -0.25) is 0 Å². The van der Waals surface area contributed by atoms with E-state index in [2.05, 4.69) is 33.1 Å². The Hall–Kier alpha value is -2.99. The lowest BCUT2D eigenvalue weighted by Crippen LogP contribution is -2.60. The third kappa shape index (κ3) is 6.05. The van der Waals surface area contributed by atoms with E-state index in [0.29, 0.717) is 5.75 Å². The summed E-state index contributed by atoms with van der Waals surface area (Å²) in [6.07, 6.45) is 6.48. The molecule has 1 aromatic heterocycles. The Kier molecular flexibility index (Phi) is 7.92. The zero-order valence-electron chi connectivity index (χ0n) is 24.7. The normalized spacial score (nSPS) is 33.0. The number of urea groups is 1. The van der Waals surface area contributed by atoms with Crippen LogP contribution in [0.15, 0.2) is 53.7 Å². The highest BCUT2D eigenvalue weighted by molar-refractivity contribution is 7.99. The molecule has 43 heavy (non-hydrogen) atoms. The zero-order chi connectivity index (χ0) is 29.6. The number of ether oxygens (including phenoxy) is 2. The topological polar surface area (TPSA) is 123 Å². The predicted molar refractivity (Wildman–Crippen MR) is 162 cm³/mol. The summed E-state index contributed by atoms with van der Waals surface area (Å²) in [5.41, 5.74) is 3.49. The van der Waals surface area contributed by atoms with E-state index < -0.39 is 6.29 Å².